The van der Waals surface area contributed by atoms with E-state index >= 15 is 0 Å². The highest BCUT2D eigenvalue weighted by Gasteiger charge is 2.21. The second-order valence-electron chi connectivity index (χ2n) is 9.55. The standard InChI is InChI=1S/2C15H13N2O2S2.H2O4S/c2*1-16-13-8-4-5-9-14(13)21-15(16)20-10-11-6-2-3-7-12(11)17(18)19;1-5(2,3)4/h2*2-9H,10H2,1H3;(H2,1,2,3,4)/q2*+1;/p-2. The smallest absolute Gasteiger partial charge is 0.298 e. The Hall–Kier alpha value is -3.97. The van der Waals surface area contributed by atoms with Gasteiger partial charge in [0.15, 0.2) is 0 Å². The van der Waals surface area contributed by atoms with Crippen molar-refractivity contribution in [1.82, 2.24) is 0 Å². The highest BCUT2D eigenvalue weighted by atomic mass is 32.3. The Balaban J connectivity index is 0.000000186. The van der Waals surface area contributed by atoms with Crippen molar-refractivity contribution in [1.29, 1.82) is 0 Å². The lowest BCUT2D eigenvalue weighted by Crippen LogP contribution is -2.28. The van der Waals surface area contributed by atoms with Gasteiger partial charge in [0, 0.05) is 57.3 Å². The van der Waals surface area contributed by atoms with Gasteiger partial charge in [-0.3, -0.25) is 28.6 Å². The number of hydrogen-bond acceptors (Lipinski definition) is 12. The molecule has 6 rings (SSSR count). The Bertz CT molecular complexity index is 2010. The molecule has 0 aliphatic rings. The first kappa shape index (κ1) is 35.9. The molecular formula is C30H26N4O8S5. The topological polar surface area (TPSA) is 174 Å². The van der Waals surface area contributed by atoms with Gasteiger partial charge in [-0.1, -0.05) is 83.3 Å². The molecule has 0 atom stereocenters. The molecule has 0 aliphatic heterocycles. The number of nitrogens with zero attached hydrogens (tertiary/aromatic N) is 4. The van der Waals surface area contributed by atoms with Gasteiger partial charge in [0.1, 0.15) is 23.5 Å². The molecule has 17 heteroatoms. The molecule has 0 fully saturated rings. The molecule has 47 heavy (non-hydrogen) atoms. The van der Waals surface area contributed by atoms with Gasteiger partial charge in [0.2, 0.25) is 11.0 Å². The first-order chi connectivity index (χ1) is 22.3. The maximum atomic E-state index is 11.0. The second kappa shape index (κ2) is 16.2. The molecule has 244 valence electrons. The molecule has 2 aromatic heterocycles. The van der Waals surface area contributed by atoms with Gasteiger partial charge in [0.05, 0.1) is 9.85 Å². The number of aromatic nitrogens is 2. The number of aryl methyl sites for hydroxylation is 2. The predicted molar refractivity (Wildman–Crippen MR) is 182 cm³/mol. The number of benzene rings is 4. The van der Waals surface area contributed by atoms with E-state index in [9.17, 15) is 20.2 Å². The van der Waals surface area contributed by atoms with Crippen LogP contribution in [0, 0.1) is 20.2 Å². The van der Waals surface area contributed by atoms with Crippen LogP contribution in [-0.2, 0) is 36.0 Å². The second-order valence-corrected chi connectivity index (χ2v) is 14.9. The molecular weight excluding hydrogens is 705 g/mol. The van der Waals surface area contributed by atoms with Gasteiger partial charge in [-0.05, 0) is 35.7 Å². The molecule has 0 bridgehead atoms. The maximum Gasteiger partial charge on any atom is 0.298 e. The van der Waals surface area contributed by atoms with Crippen LogP contribution < -0.4 is 9.13 Å². The summed E-state index contributed by atoms with van der Waals surface area (Å²) in [6, 6.07) is 30.3. The molecule has 0 aliphatic carbocycles. The normalized spacial score (nSPS) is 11.0. The summed E-state index contributed by atoms with van der Waals surface area (Å²) in [5.41, 5.74) is 4.26. The third kappa shape index (κ3) is 10.0. The van der Waals surface area contributed by atoms with Crippen molar-refractivity contribution in [2.24, 2.45) is 14.1 Å². The average Bonchev–Trinajstić information content (AvgIpc) is 3.54. The zero-order chi connectivity index (χ0) is 34.1. The molecule has 12 nitrogen and oxygen atoms in total. The average molecular weight is 731 g/mol. The summed E-state index contributed by atoms with van der Waals surface area (Å²) in [5.74, 6) is 1.19. The molecule has 0 saturated heterocycles. The van der Waals surface area contributed by atoms with Gasteiger partial charge in [-0.15, -0.1) is 0 Å². The Kier molecular flexibility index (Phi) is 12.4. The van der Waals surface area contributed by atoms with Crippen LogP contribution in [-0.4, -0.2) is 27.4 Å². The van der Waals surface area contributed by atoms with Crippen LogP contribution in [0.1, 0.15) is 11.1 Å². The minimum Gasteiger partial charge on any atom is -0.759 e. The van der Waals surface area contributed by atoms with Gasteiger partial charge in [-0.25, -0.2) is 0 Å². The monoisotopic (exact) mass is 730 g/mol. The van der Waals surface area contributed by atoms with Crippen molar-refractivity contribution < 1.29 is 36.5 Å². The van der Waals surface area contributed by atoms with E-state index in [1.807, 2.05) is 62.6 Å². The van der Waals surface area contributed by atoms with Gasteiger partial charge in [0.25, 0.3) is 20.1 Å². The lowest BCUT2D eigenvalue weighted by molar-refractivity contribution is -0.677. The summed E-state index contributed by atoms with van der Waals surface area (Å²) in [7, 11) is -1.11. The van der Waals surface area contributed by atoms with E-state index in [1.54, 1.807) is 70.5 Å². The van der Waals surface area contributed by atoms with Crippen LogP contribution in [0.5, 0.6) is 0 Å². The van der Waals surface area contributed by atoms with Crippen molar-refractivity contribution in [3.63, 3.8) is 0 Å². The van der Waals surface area contributed by atoms with E-state index in [1.165, 1.54) is 20.4 Å². The van der Waals surface area contributed by atoms with Gasteiger partial charge < -0.3 is 9.11 Å². The third-order valence-corrected chi connectivity index (χ3v) is 11.7. The molecule has 0 spiro atoms. The highest BCUT2D eigenvalue weighted by molar-refractivity contribution is 8.00. The molecule has 0 saturated carbocycles. The summed E-state index contributed by atoms with van der Waals surface area (Å²) in [5, 5.41) is 22.1. The summed E-state index contributed by atoms with van der Waals surface area (Å²) in [4.78, 5) is 21.4. The summed E-state index contributed by atoms with van der Waals surface area (Å²) in [6.45, 7) is 0. The fourth-order valence-corrected chi connectivity index (χ4v) is 9.07. The van der Waals surface area contributed by atoms with Crippen LogP contribution in [0.4, 0.5) is 11.4 Å². The third-order valence-electron chi connectivity index (χ3n) is 6.47. The Morgan fingerprint density at radius 2 is 0.936 bits per heavy atom. The SMILES string of the molecule is C[n+]1c(SCc2ccccc2[N+](=O)[O-])sc2ccccc21.C[n+]1c(SCc2ccccc2[N+](=O)[O-])sc2ccccc21.O=S(=O)([O-])[O-]. The molecule has 4 aromatic carbocycles. The Morgan fingerprint density at radius 1 is 0.617 bits per heavy atom. The van der Waals surface area contributed by atoms with Crippen LogP contribution >= 0.6 is 46.2 Å². The lowest BCUT2D eigenvalue weighted by Gasteiger charge is -2.06. The number of thiazole rings is 2. The number of rotatable bonds is 8. The van der Waals surface area contributed by atoms with Crippen molar-refractivity contribution in [2.45, 2.75) is 20.2 Å². The first-order valence-electron chi connectivity index (χ1n) is 13.5. The quantitative estimate of drug-likeness (QED) is 0.0419. The fourth-order valence-electron chi connectivity index (χ4n) is 4.32. The molecule has 0 N–H and O–H groups in total. The number of thioether (sulfide) groups is 2. The van der Waals surface area contributed by atoms with E-state index in [-0.39, 0.29) is 21.2 Å². The number of nitro groups is 2. The van der Waals surface area contributed by atoms with Crippen LogP contribution in [0.15, 0.2) is 106 Å². The number of nitro benzene ring substituents is 2. The van der Waals surface area contributed by atoms with Crippen LogP contribution in [0.2, 0.25) is 0 Å². The Morgan fingerprint density at radius 3 is 1.28 bits per heavy atom. The summed E-state index contributed by atoms with van der Waals surface area (Å²) >= 11 is 6.70. The minimum absolute atomic E-state index is 0.189. The van der Waals surface area contributed by atoms with Crippen molar-refractivity contribution in [3.8, 4) is 0 Å². The highest BCUT2D eigenvalue weighted by Crippen LogP contribution is 2.33. The minimum atomic E-state index is -5.17. The molecule has 0 unspecified atom stereocenters. The first-order valence-corrected chi connectivity index (χ1v) is 18.4. The van der Waals surface area contributed by atoms with Crippen LogP contribution in [0.3, 0.4) is 0 Å². The molecule has 0 amide bonds. The van der Waals surface area contributed by atoms with E-state index in [0.29, 0.717) is 11.5 Å². The van der Waals surface area contributed by atoms with Crippen molar-refractivity contribution >= 4 is 88.4 Å². The molecule has 0 radical (unpaired) electrons. The van der Waals surface area contributed by atoms with Gasteiger partial charge >= 0.3 is 0 Å². The van der Waals surface area contributed by atoms with Crippen LogP contribution in [0.25, 0.3) is 20.4 Å². The number of para-hydroxylation sites is 4. The van der Waals surface area contributed by atoms with E-state index in [4.69, 9.17) is 17.5 Å². The van der Waals surface area contributed by atoms with Crippen molar-refractivity contribution in [3.05, 3.63) is 128 Å². The zero-order valence-electron chi connectivity index (χ0n) is 24.7. The fraction of sp³-hybridized carbons (Fsp3) is 0.133. The van der Waals surface area contributed by atoms with Crippen molar-refractivity contribution in [2.75, 3.05) is 0 Å². The zero-order valence-corrected chi connectivity index (χ0v) is 28.8. The molecule has 2 heterocycles. The Labute approximate surface area is 286 Å². The molecule has 6 aromatic rings. The van der Waals surface area contributed by atoms with Gasteiger partial charge in [-0.2, -0.15) is 9.13 Å². The summed E-state index contributed by atoms with van der Waals surface area (Å²) in [6.07, 6.45) is 0. The predicted octanol–water partition coefficient (Wildman–Crippen LogP) is 6.51. The summed E-state index contributed by atoms with van der Waals surface area (Å²) < 4.78 is 43.1. The number of hydrogen-bond donors (Lipinski definition) is 0. The largest absolute Gasteiger partial charge is 0.759 e. The van der Waals surface area contributed by atoms with E-state index in [2.05, 4.69) is 33.4 Å². The van der Waals surface area contributed by atoms with E-state index in [0.717, 1.165) is 19.8 Å². The lowest BCUT2D eigenvalue weighted by atomic mass is 10.2. The maximum absolute atomic E-state index is 11.0. The number of fused-ring (bicyclic) bond motifs is 2. The van der Waals surface area contributed by atoms with E-state index < -0.39 is 10.4 Å².